The largest absolute Gasteiger partial charge is 0.385 e. The van der Waals surface area contributed by atoms with Gasteiger partial charge < -0.3 is 9.30 Å². The molecule has 0 saturated heterocycles. The van der Waals surface area contributed by atoms with E-state index in [4.69, 9.17) is 9.72 Å². The number of halogens is 1. The second kappa shape index (κ2) is 10.7. The fraction of sp³-hybridized carbons (Fsp3) is 0.185. The number of aromatic nitrogens is 3. The SMILES string of the molecule is COCCCn1c(NS(=O)(=O)c2ccc(Br)cc2)c(S(=O)(=O)c2ccc(C)cc2)c2nc3ccccc3nc21. The minimum absolute atomic E-state index is 0.0167. The van der Waals surface area contributed by atoms with Gasteiger partial charge in [0.1, 0.15) is 16.2 Å². The Kier molecular flexibility index (Phi) is 7.47. The third-order valence-corrected chi connectivity index (χ3v) is 9.89. The fourth-order valence-corrected chi connectivity index (χ4v) is 7.19. The maximum atomic E-state index is 14.2. The van der Waals surface area contributed by atoms with Crippen LogP contribution in [-0.4, -0.2) is 45.1 Å². The summed E-state index contributed by atoms with van der Waals surface area (Å²) in [7, 11) is -6.87. The van der Waals surface area contributed by atoms with E-state index in [9.17, 15) is 16.8 Å². The molecule has 0 amide bonds. The van der Waals surface area contributed by atoms with Crippen molar-refractivity contribution in [3.8, 4) is 0 Å². The molecule has 5 aromatic rings. The van der Waals surface area contributed by atoms with Crippen LogP contribution in [0.4, 0.5) is 5.82 Å². The first-order valence-corrected chi connectivity index (χ1v) is 15.8. The molecule has 202 valence electrons. The van der Waals surface area contributed by atoms with Gasteiger partial charge in [0.05, 0.1) is 20.8 Å². The van der Waals surface area contributed by atoms with Crippen LogP contribution in [0, 0.1) is 6.92 Å². The van der Waals surface area contributed by atoms with E-state index in [1.807, 2.05) is 13.0 Å². The Balaban J connectivity index is 1.83. The first-order valence-electron chi connectivity index (χ1n) is 12.0. The molecule has 0 radical (unpaired) electrons. The van der Waals surface area contributed by atoms with Gasteiger partial charge in [-0.05, 0) is 61.9 Å². The van der Waals surface area contributed by atoms with E-state index >= 15 is 0 Å². The van der Waals surface area contributed by atoms with Crippen molar-refractivity contribution in [3.05, 3.63) is 82.8 Å². The van der Waals surface area contributed by atoms with Crippen LogP contribution in [0.15, 0.2) is 92.0 Å². The lowest BCUT2D eigenvalue weighted by Gasteiger charge is -2.14. The number of rotatable bonds is 9. The maximum absolute atomic E-state index is 14.2. The Bertz CT molecular complexity index is 1890. The maximum Gasteiger partial charge on any atom is 0.263 e. The number of para-hydroxylation sites is 2. The number of nitrogens with zero attached hydrogens (tertiary/aromatic N) is 3. The summed E-state index contributed by atoms with van der Waals surface area (Å²) < 4.78 is 65.5. The van der Waals surface area contributed by atoms with Gasteiger partial charge in [-0.2, -0.15) is 0 Å². The number of benzene rings is 3. The summed E-state index contributed by atoms with van der Waals surface area (Å²) in [4.78, 5) is 9.14. The molecule has 0 aliphatic rings. The molecule has 0 atom stereocenters. The number of sulfone groups is 1. The monoisotopic (exact) mass is 628 g/mol. The molecule has 5 rings (SSSR count). The highest BCUT2D eigenvalue weighted by Gasteiger charge is 2.33. The number of hydrogen-bond acceptors (Lipinski definition) is 7. The van der Waals surface area contributed by atoms with Gasteiger partial charge in [-0.25, -0.2) is 26.8 Å². The van der Waals surface area contributed by atoms with Crippen molar-refractivity contribution in [2.75, 3.05) is 18.4 Å². The molecule has 0 unspecified atom stereocenters. The number of aryl methyl sites for hydroxylation is 2. The molecule has 3 aromatic carbocycles. The van der Waals surface area contributed by atoms with Crippen LogP contribution >= 0.6 is 15.9 Å². The van der Waals surface area contributed by atoms with Gasteiger partial charge in [-0.15, -0.1) is 0 Å². The van der Waals surface area contributed by atoms with Gasteiger partial charge in [0.25, 0.3) is 10.0 Å². The Morgan fingerprint density at radius 2 is 1.49 bits per heavy atom. The second-order valence-corrected chi connectivity index (χ2v) is 13.4. The number of ether oxygens (including phenoxy) is 1. The number of fused-ring (bicyclic) bond motifs is 2. The zero-order valence-corrected chi connectivity index (χ0v) is 24.3. The number of sulfonamides is 1. The van der Waals surface area contributed by atoms with E-state index in [0.29, 0.717) is 28.5 Å². The summed E-state index contributed by atoms with van der Waals surface area (Å²) in [5.74, 6) is -0.125. The number of nitrogens with one attached hydrogen (secondary N) is 1. The standard InChI is InChI=1S/C27H25BrN4O5S2/c1-18-8-12-20(13-9-18)38(33,34)25-24-26(30-23-7-4-3-6-22(23)29-24)32(16-5-17-37-2)27(25)31-39(35,36)21-14-10-19(28)11-15-21/h3-4,6-15,31H,5,16-17H2,1-2H3. The molecule has 2 aromatic heterocycles. The summed E-state index contributed by atoms with van der Waals surface area (Å²) in [5.41, 5.74) is 2.26. The van der Waals surface area contributed by atoms with E-state index in [1.165, 1.54) is 24.3 Å². The number of hydrogen-bond donors (Lipinski definition) is 1. The van der Waals surface area contributed by atoms with E-state index < -0.39 is 19.9 Å². The Morgan fingerprint density at radius 3 is 2.13 bits per heavy atom. The van der Waals surface area contributed by atoms with E-state index in [0.717, 1.165) is 5.56 Å². The summed E-state index contributed by atoms with van der Waals surface area (Å²) in [6.07, 6.45) is 0.478. The molecular formula is C27H25BrN4O5S2. The molecule has 0 saturated carbocycles. The molecule has 0 spiro atoms. The van der Waals surface area contributed by atoms with Crippen LogP contribution in [0.2, 0.25) is 0 Å². The van der Waals surface area contributed by atoms with E-state index in [1.54, 1.807) is 54.1 Å². The molecule has 9 nitrogen and oxygen atoms in total. The van der Waals surface area contributed by atoms with Crippen LogP contribution < -0.4 is 4.72 Å². The minimum Gasteiger partial charge on any atom is -0.385 e. The zero-order valence-electron chi connectivity index (χ0n) is 21.1. The predicted molar refractivity (Wildman–Crippen MR) is 153 cm³/mol. The first-order chi connectivity index (χ1) is 18.6. The average molecular weight is 630 g/mol. The molecule has 0 fully saturated rings. The fourth-order valence-electron chi connectivity index (χ4n) is 4.25. The van der Waals surface area contributed by atoms with Crippen molar-refractivity contribution in [1.29, 1.82) is 0 Å². The van der Waals surface area contributed by atoms with Gasteiger partial charge in [0.15, 0.2) is 5.65 Å². The predicted octanol–water partition coefficient (Wildman–Crippen LogP) is 5.33. The lowest BCUT2D eigenvalue weighted by molar-refractivity contribution is 0.191. The second-order valence-electron chi connectivity index (χ2n) is 8.94. The van der Waals surface area contributed by atoms with Gasteiger partial charge >= 0.3 is 0 Å². The Morgan fingerprint density at radius 1 is 0.872 bits per heavy atom. The number of methoxy groups -OCH3 is 1. The highest BCUT2D eigenvalue weighted by atomic mass is 79.9. The van der Waals surface area contributed by atoms with Crippen molar-refractivity contribution in [3.63, 3.8) is 0 Å². The molecular weight excluding hydrogens is 604 g/mol. The lowest BCUT2D eigenvalue weighted by atomic mass is 10.2. The van der Waals surface area contributed by atoms with Crippen LogP contribution in [0.25, 0.3) is 22.2 Å². The van der Waals surface area contributed by atoms with Gasteiger partial charge in [-0.3, -0.25) is 4.72 Å². The topological polar surface area (TPSA) is 120 Å². The van der Waals surface area contributed by atoms with E-state index in [2.05, 4.69) is 25.6 Å². The lowest BCUT2D eigenvalue weighted by Crippen LogP contribution is -2.18. The van der Waals surface area contributed by atoms with Gasteiger partial charge in [0.2, 0.25) is 9.84 Å². The molecule has 1 N–H and O–H groups in total. The van der Waals surface area contributed by atoms with Crippen LogP contribution in [-0.2, 0) is 31.1 Å². The smallest absolute Gasteiger partial charge is 0.263 e. The summed E-state index contributed by atoms with van der Waals surface area (Å²) in [6, 6.07) is 19.5. The van der Waals surface area contributed by atoms with Gasteiger partial charge in [-0.1, -0.05) is 45.8 Å². The van der Waals surface area contributed by atoms with Crippen LogP contribution in [0.3, 0.4) is 0 Å². The molecule has 39 heavy (non-hydrogen) atoms. The third-order valence-electron chi connectivity index (χ3n) is 6.19. The molecule has 12 heteroatoms. The van der Waals surface area contributed by atoms with Crippen molar-refractivity contribution in [2.24, 2.45) is 0 Å². The summed E-state index contributed by atoms with van der Waals surface area (Å²) >= 11 is 3.31. The highest BCUT2D eigenvalue weighted by Crippen LogP contribution is 2.38. The zero-order chi connectivity index (χ0) is 27.8. The Labute approximate surface area is 235 Å². The van der Waals surface area contributed by atoms with Crippen LogP contribution in [0.1, 0.15) is 12.0 Å². The molecule has 0 aliphatic carbocycles. The Hall–Kier alpha value is -3.32. The highest BCUT2D eigenvalue weighted by molar-refractivity contribution is 9.10. The normalized spacial score (nSPS) is 12.3. The average Bonchev–Trinajstić information content (AvgIpc) is 3.19. The third kappa shape index (κ3) is 5.29. The molecule has 0 bridgehead atoms. The van der Waals surface area contributed by atoms with Gasteiger partial charge in [0, 0.05) is 24.7 Å². The van der Waals surface area contributed by atoms with Crippen LogP contribution in [0.5, 0.6) is 0 Å². The minimum atomic E-state index is -4.24. The first kappa shape index (κ1) is 27.3. The molecule has 2 heterocycles. The van der Waals surface area contributed by atoms with E-state index in [-0.39, 0.29) is 38.2 Å². The summed E-state index contributed by atoms with van der Waals surface area (Å²) in [6.45, 7) is 2.46. The van der Waals surface area contributed by atoms with Crippen molar-refractivity contribution >= 4 is 63.8 Å². The van der Waals surface area contributed by atoms with Crippen molar-refractivity contribution in [2.45, 2.75) is 34.6 Å². The summed E-state index contributed by atoms with van der Waals surface area (Å²) in [5, 5.41) is 0. The van der Waals surface area contributed by atoms with Crippen molar-refractivity contribution < 1.29 is 21.6 Å². The number of anilines is 1. The van der Waals surface area contributed by atoms with Crippen molar-refractivity contribution in [1.82, 2.24) is 14.5 Å². The molecule has 0 aliphatic heterocycles. The quantitative estimate of drug-likeness (QED) is 0.219.